The SMILES string of the molecule is C[C@H](NCC(O)COCc1ccco1)c1cccs1. The molecule has 19 heavy (non-hydrogen) atoms. The third-order valence-electron chi connectivity index (χ3n) is 2.76. The van der Waals surface area contributed by atoms with E-state index in [1.165, 1.54) is 4.88 Å². The topological polar surface area (TPSA) is 54.6 Å². The maximum absolute atomic E-state index is 9.81. The van der Waals surface area contributed by atoms with Crippen LogP contribution < -0.4 is 5.32 Å². The zero-order valence-electron chi connectivity index (χ0n) is 10.9. The first-order valence-electron chi connectivity index (χ1n) is 6.30. The van der Waals surface area contributed by atoms with Crippen LogP contribution in [0.2, 0.25) is 0 Å². The van der Waals surface area contributed by atoms with Crippen molar-refractivity contribution in [3.8, 4) is 0 Å². The van der Waals surface area contributed by atoms with E-state index in [1.54, 1.807) is 17.6 Å². The van der Waals surface area contributed by atoms with Gasteiger partial charge in [0.2, 0.25) is 0 Å². The molecule has 0 aliphatic carbocycles. The van der Waals surface area contributed by atoms with Crippen LogP contribution >= 0.6 is 11.3 Å². The molecule has 0 saturated carbocycles. The van der Waals surface area contributed by atoms with Crippen LogP contribution in [0.25, 0.3) is 0 Å². The van der Waals surface area contributed by atoms with E-state index in [2.05, 4.69) is 23.7 Å². The molecule has 2 N–H and O–H groups in total. The number of aliphatic hydroxyl groups is 1. The lowest BCUT2D eigenvalue weighted by Gasteiger charge is -2.16. The molecule has 2 rings (SSSR count). The zero-order chi connectivity index (χ0) is 13.5. The highest BCUT2D eigenvalue weighted by Crippen LogP contribution is 2.17. The van der Waals surface area contributed by atoms with Crippen LogP contribution in [0.5, 0.6) is 0 Å². The van der Waals surface area contributed by atoms with Crippen LogP contribution in [0.15, 0.2) is 40.3 Å². The van der Waals surface area contributed by atoms with E-state index in [-0.39, 0.29) is 6.04 Å². The van der Waals surface area contributed by atoms with E-state index < -0.39 is 6.10 Å². The highest BCUT2D eigenvalue weighted by Gasteiger charge is 2.09. The molecule has 0 aliphatic heterocycles. The summed E-state index contributed by atoms with van der Waals surface area (Å²) >= 11 is 1.71. The van der Waals surface area contributed by atoms with Crippen LogP contribution in [0.1, 0.15) is 23.6 Å². The lowest BCUT2D eigenvalue weighted by molar-refractivity contribution is 0.0217. The van der Waals surface area contributed by atoms with E-state index in [0.717, 1.165) is 5.76 Å². The second kappa shape index (κ2) is 7.45. The van der Waals surface area contributed by atoms with Crippen molar-refractivity contribution in [2.24, 2.45) is 0 Å². The van der Waals surface area contributed by atoms with E-state index in [9.17, 15) is 5.11 Å². The fourth-order valence-corrected chi connectivity index (χ4v) is 2.46. The highest BCUT2D eigenvalue weighted by molar-refractivity contribution is 7.10. The molecule has 0 aliphatic rings. The maximum atomic E-state index is 9.81. The van der Waals surface area contributed by atoms with Crippen molar-refractivity contribution in [2.45, 2.75) is 25.7 Å². The predicted octanol–water partition coefficient (Wildman–Crippen LogP) is 2.57. The molecular formula is C14H19NO3S. The molecule has 2 heterocycles. The van der Waals surface area contributed by atoms with Gasteiger partial charge in [0.1, 0.15) is 12.4 Å². The number of hydrogen-bond donors (Lipinski definition) is 2. The van der Waals surface area contributed by atoms with Gasteiger partial charge in [0, 0.05) is 17.5 Å². The third-order valence-corrected chi connectivity index (χ3v) is 3.82. The molecule has 104 valence electrons. The van der Waals surface area contributed by atoms with Gasteiger partial charge in [-0.1, -0.05) is 6.07 Å². The van der Waals surface area contributed by atoms with Crippen molar-refractivity contribution in [3.63, 3.8) is 0 Å². The molecule has 5 heteroatoms. The first-order valence-corrected chi connectivity index (χ1v) is 7.18. The Morgan fingerprint density at radius 2 is 2.32 bits per heavy atom. The average Bonchev–Trinajstić information content (AvgIpc) is 3.08. The number of thiophene rings is 1. The molecule has 4 nitrogen and oxygen atoms in total. The van der Waals surface area contributed by atoms with Crippen LogP contribution in [-0.2, 0) is 11.3 Å². The average molecular weight is 281 g/mol. The summed E-state index contributed by atoms with van der Waals surface area (Å²) in [4.78, 5) is 1.27. The molecule has 0 bridgehead atoms. The molecule has 1 unspecified atom stereocenters. The van der Waals surface area contributed by atoms with Gasteiger partial charge in [-0.2, -0.15) is 0 Å². The van der Waals surface area contributed by atoms with Crippen molar-refractivity contribution >= 4 is 11.3 Å². The summed E-state index contributed by atoms with van der Waals surface area (Å²) in [5.74, 6) is 0.770. The van der Waals surface area contributed by atoms with Gasteiger partial charge < -0.3 is 19.6 Å². The van der Waals surface area contributed by atoms with Crippen LogP contribution in [0.3, 0.4) is 0 Å². The zero-order valence-corrected chi connectivity index (χ0v) is 11.7. The van der Waals surface area contributed by atoms with Gasteiger partial charge in [-0.15, -0.1) is 11.3 Å². The van der Waals surface area contributed by atoms with Gasteiger partial charge in [0.05, 0.1) is 19.0 Å². The van der Waals surface area contributed by atoms with Crippen molar-refractivity contribution in [1.82, 2.24) is 5.32 Å². The summed E-state index contributed by atoms with van der Waals surface area (Å²) in [6.45, 7) is 3.29. The molecule has 2 aromatic heterocycles. The quantitative estimate of drug-likeness (QED) is 0.781. The van der Waals surface area contributed by atoms with Gasteiger partial charge in [-0.05, 0) is 30.5 Å². The second-order valence-electron chi connectivity index (χ2n) is 4.39. The van der Waals surface area contributed by atoms with E-state index in [0.29, 0.717) is 19.8 Å². The molecule has 2 atom stereocenters. The molecule has 0 fully saturated rings. The minimum Gasteiger partial charge on any atom is -0.467 e. The Bertz CT molecular complexity index is 441. The molecule has 0 spiro atoms. The van der Waals surface area contributed by atoms with Gasteiger partial charge in [0.25, 0.3) is 0 Å². The Morgan fingerprint density at radius 3 is 3.00 bits per heavy atom. The number of aliphatic hydroxyl groups excluding tert-OH is 1. The van der Waals surface area contributed by atoms with E-state index >= 15 is 0 Å². The molecule has 2 aromatic rings. The first-order chi connectivity index (χ1) is 9.25. The van der Waals surface area contributed by atoms with Crippen LogP contribution in [0.4, 0.5) is 0 Å². The molecule has 0 aromatic carbocycles. The Kier molecular flexibility index (Phi) is 5.60. The van der Waals surface area contributed by atoms with E-state index in [4.69, 9.17) is 9.15 Å². The smallest absolute Gasteiger partial charge is 0.129 e. The Hall–Kier alpha value is -1.14. The number of ether oxygens (including phenoxy) is 1. The summed E-state index contributed by atoms with van der Waals surface area (Å²) in [7, 11) is 0. The van der Waals surface area contributed by atoms with Crippen molar-refractivity contribution in [2.75, 3.05) is 13.2 Å². The summed E-state index contributed by atoms with van der Waals surface area (Å²) < 4.78 is 10.5. The van der Waals surface area contributed by atoms with Crippen LogP contribution in [-0.4, -0.2) is 24.4 Å². The number of nitrogens with one attached hydrogen (secondary N) is 1. The Labute approximate surface area is 117 Å². The summed E-state index contributed by atoms with van der Waals surface area (Å²) in [6, 6.07) is 8.03. The molecular weight excluding hydrogens is 262 g/mol. The highest BCUT2D eigenvalue weighted by atomic mass is 32.1. The number of furan rings is 1. The third kappa shape index (κ3) is 4.80. The van der Waals surface area contributed by atoms with Crippen LogP contribution in [0, 0.1) is 0 Å². The summed E-state index contributed by atoms with van der Waals surface area (Å²) in [5, 5.41) is 15.1. The number of rotatable bonds is 8. The van der Waals surface area contributed by atoms with Gasteiger partial charge in [-0.3, -0.25) is 0 Å². The fourth-order valence-electron chi connectivity index (χ4n) is 1.70. The Balaban J connectivity index is 1.60. The lowest BCUT2D eigenvalue weighted by Crippen LogP contribution is -2.31. The second-order valence-corrected chi connectivity index (χ2v) is 5.37. The molecule has 0 radical (unpaired) electrons. The normalized spacial score (nSPS) is 14.4. The molecule has 0 amide bonds. The van der Waals surface area contributed by atoms with E-state index in [1.807, 2.05) is 18.2 Å². The standard InChI is InChI=1S/C14H19NO3S/c1-11(14-5-3-7-19-14)15-8-12(16)9-17-10-13-4-2-6-18-13/h2-7,11-12,15-16H,8-10H2,1H3/t11-,12?/m0/s1. The predicted molar refractivity (Wildman–Crippen MR) is 75.1 cm³/mol. The lowest BCUT2D eigenvalue weighted by atomic mass is 10.2. The van der Waals surface area contributed by atoms with Gasteiger partial charge >= 0.3 is 0 Å². The maximum Gasteiger partial charge on any atom is 0.129 e. The Morgan fingerprint density at radius 1 is 1.42 bits per heavy atom. The van der Waals surface area contributed by atoms with Crippen molar-refractivity contribution in [3.05, 3.63) is 46.5 Å². The largest absolute Gasteiger partial charge is 0.467 e. The summed E-state index contributed by atoms with van der Waals surface area (Å²) in [5.41, 5.74) is 0. The van der Waals surface area contributed by atoms with Gasteiger partial charge in [0.15, 0.2) is 0 Å². The minimum absolute atomic E-state index is 0.250. The number of hydrogen-bond acceptors (Lipinski definition) is 5. The first kappa shape index (κ1) is 14.3. The summed E-state index contributed by atoms with van der Waals surface area (Å²) in [6.07, 6.45) is 1.09. The fraction of sp³-hybridized carbons (Fsp3) is 0.429. The molecule has 0 saturated heterocycles. The van der Waals surface area contributed by atoms with Crippen molar-refractivity contribution in [1.29, 1.82) is 0 Å². The van der Waals surface area contributed by atoms with Crippen molar-refractivity contribution < 1.29 is 14.3 Å². The minimum atomic E-state index is -0.516. The monoisotopic (exact) mass is 281 g/mol. The van der Waals surface area contributed by atoms with Gasteiger partial charge in [-0.25, -0.2) is 0 Å².